The number of hydrogen-bond donors (Lipinski definition) is 2. The van der Waals surface area contributed by atoms with E-state index in [9.17, 15) is 13.2 Å². The van der Waals surface area contributed by atoms with Crippen LogP contribution in [-0.4, -0.2) is 14.3 Å². The van der Waals surface area contributed by atoms with E-state index in [4.69, 9.17) is 0 Å². The van der Waals surface area contributed by atoms with Crippen molar-refractivity contribution in [2.45, 2.75) is 5.75 Å². The second-order valence-corrected chi connectivity index (χ2v) is 5.89. The predicted octanol–water partition coefficient (Wildman–Crippen LogP) is 1.45. The van der Waals surface area contributed by atoms with Crippen molar-refractivity contribution in [3.63, 3.8) is 0 Å². The average molecular weight is 290 g/mol. The van der Waals surface area contributed by atoms with E-state index in [0.29, 0.717) is 11.1 Å². The molecule has 2 aromatic carbocycles. The van der Waals surface area contributed by atoms with Gasteiger partial charge in [-0.25, -0.2) is 8.42 Å². The van der Waals surface area contributed by atoms with E-state index in [1.807, 2.05) is 0 Å². The van der Waals surface area contributed by atoms with Gasteiger partial charge in [-0.15, -0.1) is 4.83 Å². The van der Waals surface area contributed by atoms with Crippen LogP contribution in [0, 0.1) is 0 Å². The number of rotatable bonds is 5. The van der Waals surface area contributed by atoms with E-state index in [1.54, 1.807) is 60.7 Å². The van der Waals surface area contributed by atoms with Gasteiger partial charge in [-0.1, -0.05) is 48.5 Å². The average Bonchev–Trinajstić information content (AvgIpc) is 2.46. The molecule has 0 unspecified atom stereocenters. The minimum atomic E-state index is -3.62. The molecule has 2 N–H and O–H groups in total. The first-order chi connectivity index (χ1) is 9.57. The Kier molecular flexibility index (Phi) is 4.49. The fraction of sp³-hybridized carbons (Fsp3) is 0.0714. The molecule has 0 saturated carbocycles. The van der Waals surface area contributed by atoms with E-state index in [1.165, 1.54) is 0 Å². The van der Waals surface area contributed by atoms with Crippen LogP contribution in [0.5, 0.6) is 0 Å². The van der Waals surface area contributed by atoms with E-state index in [2.05, 4.69) is 10.3 Å². The maximum Gasteiger partial charge on any atom is 0.266 e. The van der Waals surface area contributed by atoms with E-state index in [0.717, 1.165) is 0 Å². The molecule has 0 aliphatic carbocycles. The van der Waals surface area contributed by atoms with Gasteiger partial charge >= 0.3 is 0 Å². The van der Waals surface area contributed by atoms with Crippen molar-refractivity contribution in [3.05, 3.63) is 71.8 Å². The Balaban J connectivity index is 1.95. The van der Waals surface area contributed by atoms with Gasteiger partial charge in [0.15, 0.2) is 0 Å². The van der Waals surface area contributed by atoms with Crippen molar-refractivity contribution in [3.8, 4) is 0 Å². The highest BCUT2D eigenvalue weighted by Crippen LogP contribution is 2.03. The lowest BCUT2D eigenvalue weighted by molar-refractivity contribution is 0.0945. The van der Waals surface area contributed by atoms with Crippen LogP contribution in [0.15, 0.2) is 60.7 Å². The summed E-state index contributed by atoms with van der Waals surface area (Å²) in [5, 5.41) is 0. The van der Waals surface area contributed by atoms with Gasteiger partial charge in [0, 0.05) is 5.56 Å². The van der Waals surface area contributed by atoms with Crippen molar-refractivity contribution >= 4 is 15.9 Å². The number of amides is 1. The maximum atomic E-state index is 11.8. The quantitative estimate of drug-likeness (QED) is 0.818. The smallest absolute Gasteiger partial charge is 0.266 e. The van der Waals surface area contributed by atoms with Gasteiger partial charge in [-0.2, -0.15) is 0 Å². The first kappa shape index (κ1) is 14.2. The van der Waals surface area contributed by atoms with Gasteiger partial charge in [0.1, 0.15) is 0 Å². The van der Waals surface area contributed by atoms with Gasteiger partial charge in [0.25, 0.3) is 5.91 Å². The summed E-state index contributed by atoms with van der Waals surface area (Å²) in [7, 11) is -3.62. The third-order valence-electron chi connectivity index (χ3n) is 2.56. The number of benzene rings is 2. The summed E-state index contributed by atoms with van der Waals surface area (Å²) in [5.41, 5.74) is 3.21. The summed E-state index contributed by atoms with van der Waals surface area (Å²) < 4.78 is 23.6. The molecule has 2 rings (SSSR count). The van der Waals surface area contributed by atoms with Gasteiger partial charge in [0.05, 0.1) is 5.75 Å². The number of carbonyl (C=O) groups is 1. The highest BCUT2D eigenvalue weighted by Gasteiger charge is 2.13. The fourth-order valence-corrected chi connectivity index (χ4v) is 2.57. The highest BCUT2D eigenvalue weighted by molar-refractivity contribution is 7.88. The Morgan fingerprint density at radius 1 is 0.900 bits per heavy atom. The Morgan fingerprint density at radius 2 is 1.45 bits per heavy atom. The van der Waals surface area contributed by atoms with Crippen molar-refractivity contribution in [1.29, 1.82) is 0 Å². The molecule has 6 heteroatoms. The third-order valence-corrected chi connectivity index (χ3v) is 3.68. The lowest BCUT2D eigenvalue weighted by Gasteiger charge is -2.08. The number of hydrazine groups is 1. The molecule has 0 spiro atoms. The van der Waals surface area contributed by atoms with Crippen LogP contribution < -0.4 is 10.3 Å². The largest absolute Gasteiger partial charge is 0.274 e. The number of nitrogens with one attached hydrogen (secondary N) is 2. The molecule has 0 radical (unpaired) electrons. The van der Waals surface area contributed by atoms with Crippen LogP contribution >= 0.6 is 0 Å². The number of hydrogen-bond acceptors (Lipinski definition) is 3. The summed E-state index contributed by atoms with van der Waals surface area (Å²) >= 11 is 0. The Labute approximate surface area is 117 Å². The van der Waals surface area contributed by atoms with Crippen LogP contribution in [-0.2, 0) is 15.8 Å². The molecule has 0 atom stereocenters. The maximum absolute atomic E-state index is 11.8. The van der Waals surface area contributed by atoms with Gasteiger partial charge in [-0.3, -0.25) is 10.2 Å². The molecule has 0 heterocycles. The SMILES string of the molecule is O=C(NNS(=O)(=O)Cc1ccccc1)c1ccccc1. The second kappa shape index (κ2) is 6.31. The molecule has 0 aromatic heterocycles. The first-order valence-corrected chi connectivity index (χ1v) is 7.61. The standard InChI is InChI=1S/C14H14N2O3S/c17-14(13-9-5-2-6-10-13)15-16-20(18,19)11-12-7-3-1-4-8-12/h1-10,16H,11H2,(H,15,17). The molecule has 1 amide bonds. The van der Waals surface area contributed by atoms with Crippen molar-refractivity contribution in [2.24, 2.45) is 0 Å². The topological polar surface area (TPSA) is 75.3 Å². The second-order valence-electron chi connectivity index (χ2n) is 4.17. The molecular weight excluding hydrogens is 276 g/mol. The first-order valence-electron chi connectivity index (χ1n) is 5.96. The van der Waals surface area contributed by atoms with E-state index in [-0.39, 0.29) is 5.75 Å². The number of carbonyl (C=O) groups excluding carboxylic acids is 1. The normalized spacial score (nSPS) is 11.0. The molecule has 5 nitrogen and oxygen atoms in total. The van der Waals surface area contributed by atoms with Crippen LogP contribution in [0.4, 0.5) is 0 Å². The highest BCUT2D eigenvalue weighted by atomic mass is 32.2. The molecule has 0 aliphatic rings. The van der Waals surface area contributed by atoms with Crippen molar-refractivity contribution in [1.82, 2.24) is 10.3 Å². The molecule has 20 heavy (non-hydrogen) atoms. The number of sulfonamides is 1. The van der Waals surface area contributed by atoms with Gasteiger partial charge in [-0.05, 0) is 17.7 Å². The summed E-state index contributed by atoms with van der Waals surface area (Å²) in [6.45, 7) is 0. The third kappa shape index (κ3) is 4.18. The molecule has 0 bridgehead atoms. The van der Waals surface area contributed by atoms with Gasteiger partial charge < -0.3 is 0 Å². The predicted molar refractivity (Wildman–Crippen MR) is 76.1 cm³/mol. The lowest BCUT2D eigenvalue weighted by atomic mass is 10.2. The Hall–Kier alpha value is -2.18. The zero-order chi connectivity index (χ0) is 14.4. The summed E-state index contributed by atoms with van der Waals surface area (Å²) in [5.74, 6) is -0.689. The molecule has 0 fully saturated rings. The van der Waals surface area contributed by atoms with Crippen molar-refractivity contribution in [2.75, 3.05) is 0 Å². The molecular formula is C14H14N2O3S. The van der Waals surface area contributed by atoms with Crippen LogP contribution in [0.2, 0.25) is 0 Å². The fourth-order valence-electron chi connectivity index (χ4n) is 1.62. The van der Waals surface area contributed by atoms with Gasteiger partial charge in [0.2, 0.25) is 10.0 Å². The Morgan fingerprint density at radius 3 is 2.05 bits per heavy atom. The summed E-state index contributed by atoms with van der Waals surface area (Å²) in [6, 6.07) is 17.1. The molecule has 104 valence electrons. The zero-order valence-electron chi connectivity index (χ0n) is 10.6. The van der Waals surface area contributed by atoms with Crippen LogP contribution in [0.3, 0.4) is 0 Å². The van der Waals surface area contributed by atoms with Crippen molar-refractivity contribution < 1.29 is 13.2 Å². The Bertz CT molecular complexity index is 670. The monoisotopic (exact) mass is 290 g/mol. The summed E-state index contributed by atoms with van der Waals surface area (Å²) in [4.78, 5) is 13.8. The van der Waals surface area contributed by atoms with Crippen LogP contribution in [0.1, 0.15) is 15.9 Å². The lowest BCUT2D eigenvalue weighted by Crippen LogP contribution is -2.42. The molecule has 0 aliphatic heterocycles. The zero-order valence-corrected chi connectivity index (χ0v) is 11.4. The molecule has 0 saturated heterocycles. The minimum Gasteiger partial charge on any atom is -0.274 e. The van der Waals surface area contributed by atoms with E-state index < -0.39 is 15.9 Å². The summed E-state index contributed by atoms with van der Waals surface area (Å²) in [6.07, 6.45) is 0. The van der Waals surface area contributed by atoms with E-state index >= 15 is 0 Å². The van der Waals surface area contributed by atoms with Crippen LogP contribution in [0.25, 0.3) is 0 Å². The molecule has 2 aromatic rings. The minimum absolute atomic E-state index is 0.192.